The molecule has 7 nitrogen and oxygen atoms in total. The van der Waals surface area contributed by atoms with Gasteiger partial charge in [-0.1, -0.05) is 0 Å². The Balaban J connectivity index is 1.42. The average Bonchev–Trinajstić information content (AvgIpc) is 3.26. The summed E-state index contributed by atoms with van der Waals surface area (Å²) >= 11 is 0. The molecule has 2 aliphatic heterocycles. The van der Waals surface area contributed by atoms with E-state index in [1.807, 2.05) is 11.6 Å². The van der Waals surface area contributed by atoms with Crippen LogP contribution < -0.4 is 0 Å². The number of nitrogens with zero attached hydrogens (tertiary/aromatic N) is 6. The molecule has 2 fully saturated rings. The van der Waals surface area contributed by atoms with Gasteiger partial charge < -0.3 is 13.9 Å². The topological polar surface area (TPSA) is 63.2 Å². The molecule has 2 saturated heterocycles. The number of piperidine rings is 1. The summed E-state index contributed by atoms with van der Waals surface area (Å²) in [6, 6.07) is 0.718. The molecular weight excluding hydrogens is 292 g/mol. The van der Waals surface area contributed by atoms with Crippen LogP contribution in [0.3, 0.4) is 0 Å². The Labute approximate surface area is 136 Å². The Kier molecular flexibility index (Phi) is 3.90. The molecule has 23 heavy (non-hydrogen) atoms. The summed E-state index contributed by atoms with van der Waals surface area (Å²) in [5.41, 5.74) is 0.869. The monoisotopic (exact) mass is 316 g/mol. The van der Waals surface area contributed by atoms with E-state index in [1.165, 1.54) is 25.9 Å². The third kappa shape index (κ3) is 2.90. The van der Waals surface area contributed by atoms with Gasteiger partial charge in [0.25, 0.3) is 5.89 Å². The lowest BCUT2D eigenvalue weighted by Gasteiger charge is -2.35. The Morgan fingerprint density at radius 1 is 1.09 bits per heavy atom. The van der Waals surface area contributed by atoms with Crippen LogP contribution in [0.25, 0.3) is 11.6 Å². The molecular formula is C16H24N6O. The van der Waals surface area contributed by atoms with Crippen molar-refractivity contribution in [3.63, 3.8) is 0 Å². The van der Waals surface area contributed by atoms with Crippen LogP contribution in [-0.4, -0.2) is 68.8 Å². The van der Waals surface area contributed by atoms with Gasteiger partial charge in [-0.3, -0.25) is 4.90 Å². The lowest BCUT2D eigenvalue weighted by Crippen LogP contribution is -2.42. The Hall–Kier alpha value is -1.73. The van der Waals surface area contributed by atoms with Crippen molar-refractivity contribution in [3.05, 3.63) is 18.4 Å². The van der Waals surface area contributed by atoms with Crippen LogP contribution in [0, 0.1) is 0 Å². The zero-order valence-electron chi connectivity index (χ0n) is 13.9. The normalized spacial score (nSPS) is 24.5. The maximum atomic E-state index is 5.93. The summed E-state index contributed by atoms with van der Waals surface area (Å²) < 4.78 is 7.83. The van der Waals surface area contributed by atoms with Crippen LogP contribution >= 0.6 is 0 Å². The minimum absolute atomic E-state index is 0.365. The Morgan fingerprint density at radius 3 is 2.65 bits per heavy atom. The first-order chi connectivity index (χ1) is 11.2. The molecule has 2 aliphatic rings. The molecule has 0 saturated carbocycles. The van der Waals surface area contributed by atoms with E-state index in [-0.39, 0.29) is 0 Å². The Morgan fingerprint density at radius 2 is 1.91 bits per heavy atom. The highest BCUT2D eigenvalue weighted by molar-refractivity contribution is 5.44. The van der Waals surface area contributed by atoms with Gasteiger partial charge in [0, 0.05) is 19.6 Å². The van der Waals surface area contributed by atoms with E-state index in [2.05, 4.69) is 32.0 Å². The SMILES string of the molecule is CN1CCC(N2CC[C@H](c3nnc(-c4cncn4C)o3)C2)CC1. The first-order valence-electron chi connectivity index (χ1n) is 8.43. The quantitative estimate of drug-likeness (QED) is 0.852. The third-order valence-electron chi connectivity index (χ3n) is 5.25. The van der Waals surface area contributed by atoms with Crippen molar-refractivity contribution in [1.29, 1.82) is 0 Å². The first-order valence-corrected chi connectivity index (χ1v) is 8.43. The average molecular weight is 316 g/mol. The van der Waals surface area contributed by atoms with E-state index in [9.17, 15) is 0 Å². The zero-order valence-corrected chi connectivity index (χ0v) is 13.9. The fourth-order valence-corrected chi connectivity index (χ4v) is 3.75. The van der Waals surface area contributed by atoms with E-state index in [0.717, 1.165) is 37.1 Å². The van der Waals surface area contributed by atoms with Crippen LogP contribution in [-0.2, 0) is 7.05 Å². The number of likely N-dealkylation sites (tertiary alicyclic amines) is 2. The second kappa shape index (κ2) is 6.05. The minimum atomic E-state index is 0.365. The molecule has 4 heterocycles. The fourth-order valence-electron chi connectivity index (χ4n) is 3.75. The smallest absolute Gasteiger partial charge is 0.265 e. The molecule has 2 aromatic rings. The van der Waals surface area contributed by atoms with Crippen LogP contribution in [0.5, 0.6) is 0 Å². The lowest BCUT2D eigenvalue weighted by atomic mass is 10.0. The number of aryl methyl sites for hydroxylation is 1. The van der Waals surface area contributed by atoms with Crippen molar-refractivity contribution in [2.24, 2.45) is 7.05 Å². The summed E-state index contributed by atoms with van der Waals surface area (Å²) in [7, 11) is 4.14. The van der Waals surface area contributed by atoms with Gasteiger partial charge in [0.1, 0.15) is 5.69 Å². The molecule has 0 radical (unpaired) electrons. The second-order valence-corrected chi connectivity index (χ2v) is 6.85. The van der Waals surface area contributed by atoms with Crippen LogP contribution in [0.4, 0.5) is 0 Å². The lowest BCUT2D eigenvalue weighted by molar-refractivity contribution is 0.141. The number of imidazole rings is 1. The number of hydrogen-bond acceptors (Lipinski definition) is 6. The van der Waals surface area contributed by atoms with E-state index < -0.39 is 0 Å². The van der Waals surface area contributed by atoms with E-state index in [0.29, 0.717) is 11.8 Å². The van der Waals surface area contributed by atoms with Gasteiger partial charge in [0.2, 0.25) is 5.89 Å². The van der Waals surface area contributed by atoms with Gasteiger partial charge in [0.15, 0.2) is 0 Å². The van der Waals surface area contributed by atoms with Crippen LogP contribution in [0.15, 0.2) is 16.9 Å². The van der Waals surface area contributed by atoms with E-state index in [4.69, 9.17) is 4.42 Å². The van der Waals surface area contributed by atoms with Crippen LogP contribution in [0.2, 0.25) is 0 Å². The molecule has 0 aliphatic carbocycles. The van der Waals surface area contributed by atoms with Gasteiger partial charge in [0.05, 0.1) is 18.4 Å². The molecule has 0 N–H and O–H groups in total. The summed E-state index contributed by atoms with van der Waals surface area (Å²) in [5, 5.41) is 8.50. The molecule has 4 rings (SSSR count). The summed E-state index contributed by atoms with van der Waals surface area (Å²) in [5.74, 6) is 1.71. The van der Waals surface area contributed by atoms with Crippen molar-refractivity contribution in [2.45, 2.75) is 31.2 Å². The van der Waals surface area contributed by atoms with Gasteiger partial charge >= 0.3 is 0 Å². The van der Waals surface area contributed by atoms with E-state index in [1.54, 1.807) is 12.5 Å². The van der Waals surface area contributed by atoms with E-state index >= 15 is 0 Å². The maximum absolute atomic E-state index is 5.93. The van der Waals surface area contributed by atoms with Gasteiger partial charge in [-0.05, 0) is 45.9 Å². The molecule has 7 heteroatoms. The van der Waals surface area contributed by atoms with Gasteiger partial charge in [-0.25, -0.2) is 4.98 Å². The minimum Gasteiger partial charge on any atom is -0.419 e. The van der Waals surface area contributed by atoms with Crippen molar-refractivity contribution in [1.82, 2.24) is 29.5 Å². The van der Waals surface area contributed by atoms with Crippen molar-refractivity contribution < 1.29 is 4.42 Å². The molecule has 0 bridgehead atoms. The predicted molar refractivity (Wildman–Crippen MR) is 86.0 cm³/mol. The number of rotatable bonds is 3. The molecule has 124 valence electrons. The first kappa shape index (κ1) is 14.8. The zero-order chi connectivity index (χ0) is 15.8. The second-order valence-electron chi connectivity index (χ2n) is 6.85. The molecule has 0 aromatic carbocycles. The highest BCUT2D eigenvalue weighted by Gasteiger charge is 2.33. The molecule has 2 aromatic heterocycles. The Bertz CT molecular complexity index is 657. The number of aromatic nitrogens is 4. The van der Waals surface area contributed by atoms with Crippen molar-refractivity contribution in [3.8, 4) is 11.6 Å². The fraction of sp³-hybridized carbons (Fsp3) is 0.688. The largest absolute Gasteiger partial charge is 0.419 e. The predicted octanol–water partition coefficient (Wildman–Crippen LogP) is 1.35. The molecule has 0 unspecified atom stereocenters. The van der Waals surface area contributed by atoms with Crippen LogP contribution in [0.1, 0.15) is 31.1 Å². The number of hydrogen-bond donors (Lipinski definition) is 0. The van der Waals surface area contributed by atoms with Crippen molar-refractivity contribution >= 4 is 0 Å². The summed E-state index contributed by atoms with van der Waals surface area (Å²) in [4.78, 5) is 9.14. The highest BCUT2D eigenvalue weighted by Crippen LogP contribution is 2.31. The summed E-state index contributed by atoms with van der Waals surface area (Å²) in [6.07, 6.45) is 7.16. The van der Waals surface area contributed by atoms with Crippen molar-refractivity contribution in [2.75, 3.05) is 33.2 Å². The molecule has 0 amide bonds. The third-order valence-corrected chi connectivity index (χ3v) is 5.25. The highest BCUT2D eigenvalue weighted by atomic mass is 16.4. The maximum Gasteiger partial charge on any atom is 0.265 e. The molecule has 1 atom stereocenters. The summed E-state index contributed by atoms with van der Waals surface area (Å²) in [6.45, 7) is 4.60. The van der Waals surface area contributed by atoms with Gasteiger partial charge in [-0.2, -0.15) is 0 Å². The molecule has 0 spiro atoms. The van der Waals surface area contributed by atoms with Gasteiger partial charge in [-0.15, -0.1) is 10.2 Å². The standard InChI is InChI=1S/C16H24N6O/c1-20-6-4-13(5-7-20)22-8-3-12(10-22)15-18-19-16(23-15)14-9-17-11-21(14)2/h9,11-13H,3-8,10H2,1-2H3/t12-/m0/s1.